The van der Waals surface area contributed by atoms with Crippen LogP contribution in [0.1, 0.15) is 27.7 Å². The minimum Gasteiger partial charge on any atom is -0.359 e. The largest absolute Gasteiger partial charge is 0.411 e. The average molecular weight is 284 g/mol. The molecule has 0 unspecified atom stereocenters. The maximum atomic E-state index is 11.9. The molecule has 4 nitrogen and oxygen atoms in total. The average Bonchev–Trinajstić information content (AvgIpc) is 2.33. The summed E-state index contributed by atoms with van der Waals surface area (Å²) in [7, 11) is 0. The Hall–Kier alpha value is -0.820. The molecule has 0 aliphatic carbocycles. The van der Waals surface area contributed by atoms with Crippen molar-refractivity contribution >= 4 is 5.91 Å². The lowest BCUT2D eigenvalue weighted by atomic mass is 10.2. The molecule has 0 bridgehead atoms. The molecular weight excluding hydrogens is 261 g/mol. The molecule has 0 spiro atoms. The van der Waals surface area contributed by atoms with E-state index in [4.69, 9.17) is 0 Å². The van der Waals surface area contributed by atoms with Crippen LogP contribution in [0.15, 0.2) is 0 Å². The van der Waals surface area contributed by atoms with Gasteiger partial charge < -0.3 is 10.1 Å². The quantitative estimate of drug-likeness (QED) is 0.739. The van der Waals surface area contributed by atoms with E-state index in [1.807, 2.05) is 20.8 Å². The van der Waals surface area contributed by atoms with Crippen LogP contribution in [0.5, 0.6) is 0 Å². The zero-order valence-corrected chi connectivity index (χ0v) is 11.9. The number of likely N-dealkylation sites (N-methyl/N-ethyl adjacent to an activating group) is 1. The van der Waals surface area contributed by atoms with Crippen LogP contribution in [0, 0.1) is 0 Å². The SMILES string of the molecule is CCN(CC)[C@@H](C)CNC(=O)[C@H](C)OCC(F)(F)F. The van der Waals surface area contributed by atoms with E-state index in [1.165, 1.54) is 6.92 Å². The van der Waals surface area contributed by atoms with Crippen molar-refractivity contribution in [2.24, 2.45) is 0 Å². The minimum atomic E-state index is -4.41. The molecule has 0 rings (SSSR count). The van der Waals surface area contributed by atoms with Gasteiger partial charge >= 0.3 is 6.18 Å². The van der Waals surface area contributed by atoms with Gasteiger partial charge in [-0.3, -0.25) is 9.69 Å². The van der Waals surface area contributed by atoms with Crippen LogP contribution in [-0.4, -0.2) is 55.4 Å². The summed E-state index contributed by atoms with van der Waals surface area (Å²) in [6, 6.07) is 0.133. The van der Waals surface area contributed by atoms with Gasteiger partial charge in [-0.1, -0.05) is 13.8 Å². The van der Waals surface area contributed by atoms with E-state index in [0.29, 0.717) is 6.54 Å². The van der Waals surface area contributed by atoms with Gasteiger partial charge in [0.15, 0.2) is 0 Å². The number of hydrogen-bond donors (Lipinski definition) is 1. The Morgan fingerprint density at radius 2 is 1.79 bits per heavy atom. The Labute approximate surface area is 112 Å². The maximum Gasteiger partial charge on any atom is 0.411 e. The number of carbonyl (C=O) groups is 1. The number of alkyl halides is 3. The lowest BCUT2D eigenvalue weighted by Gasteiger charge is -2.27. The van der Waals surface area contributed by atoms with Gasteiger partial charge in [0.2, 0.25) is 5.91 Å². The number of carbonyl (C=O) groups excluding carboxylic acids is 1. The molecule has 1 N–H and O–H groups in total. The van der Waals surface area contributed by atoms with Gasteiger partial charge in [-0.15, -0.1) is 0 Å². The number of amides is 1. The Morgan fingerprint density at radius 1 is 1.26 bits per heavy atom. The first kappa shape index (κ1) is 18.2. The second kappa shape index (κ2) is 8.37. The first-order valence-electron chi connectivity index (χ1n) is 6.41. The molecule has 0 saturated carbocycles. The van der Waals surface area contributed by atoms with Crippen molar-refractivity contribution in [3.05, 3.63) is 0 Å². The molecular formula is C12H23F3N2O2. The van der Waals surface area contributed by atoms with Gasteiger partial charge in [-0.2, -0.15) is 13.2 Å². The number of nitrogens with one attached hydrogen (secondary N) is 1. The third-order valence-electron chi connectivity index (χ3n) is 2.87. The molecule has 0 aliphatic rings. The fraction of sp³-hybridized carbons (Fsp3) is 0.917. The number of halogens is 3. The van der Waals surface area contributed by atoms with E-state index in [2.05, 4.69) is 15.0 Å². The monoisotopic (exact) mass is 284 g/mol. The zero-order valence-electron chi connectivity index (χ0n) is 11.9. The molecule has 2 atom stereocenters. The lowest BCUT2D eigenvalue weighted by Crippen LogP contribution is -2.45. The third kappa shape index (κ3) is 8.05. The van der Waals surface area contributed by atoms with Crippen LogP contribution < -0.4 is 5.32 Å². The number of hydrogen-bond acceptors (Lipinski definition) is 3. The van der Waals surface area contributed by atoms with Crippen molar-refractivity contribution in [3.63, 3.8) is 0 Å². The summed E-state index contributed by atoms with van der Waals surface area (Å²) in [5, 5.41) is 2.59. The smallest absolute Gasteiger partial charge is 0.359 e. The van der Waals surface area contributed by atoms with E-state index in [-0.39, 0.29) is 6.04 Å². The van der Waals surface area contributed by atoms with Crippen molar-refractivity contribution in [1.82, 2.24) is 10.2 Å². The van der Waals surface area contributed by atoms with Crippen molar-refractivity contribution in [1.29, 1.82) is 0 Å². The second-order valence-corrected chi connectivity index (χ2v) is 4.38. The van der Waals surface area contributed by atoms with Gasteiger partial charge in [-0.05, 0) is 26.9 Å². The van der Waals surface area contributed by atoms with E-state index in [9.17, 15) is 18.0 Å². The number of rotatable bonds is 8. The molecule has 0 fully saturated rings. The Bertz CT molecular complexity index is 268. The van der Waals surface area contributed by atoms with E-state index in [0.717, 1.165) is 13.1 Å². The highest BCUT2D eigenvalue weighted by Crippen LogP contribution is 2.15. The predicted octanol–water partition coefficient (Wildman–Crippen LogP) is 1.80. The maximum absolute atomic E-state index is 11.9. The van der Waals surface area contributed by atoms with Crippen LogP contribution >= 0.6 is 0 Å². The fourth-order valence-corrected chi connectivity index (χ4v) is 1.66. The van der Waals surface area contributed by atoms with Crippen LogP contribution in [0.2, 0.25) is 0 Å². The Morgan fingerprint density at radius 3 is 2.21 bits per heavy atom. The number of ether oxygens (including phenoxy) is 1. The first-order chi connectivity index (χ1) is 8.71. The van der Waals surface area contributed by atoms with E-state index < -0.39 is 24.8 Å². The van der Waals surface area contributed by atoms with E-state index >= 15 is 0 Å². The molecule has 1 amide bonds. The summed E-state index contributed by atoms with van der Waals surface area (Å²) in [5.74, 6) is -0.525. The zero-order chi connectivity index (χ0) is 15.1. The second-order valence-electron chi connectivity index (χ2n) is 4.38. The highest BCUT2D eigenvalue weighted by molar-refractivity contribution is 5.80. The van der Waals surface area contributed by atoms with Crippen LogP contribution in [0.25, 0.3) is 0 Å². The molecule has 0 heterocycles. The molecule has 0 aromatic heterocycles. The minimum absolute atomic E-state index is 0.133. The molecule has 19 heavy (non-hydrogen) atoms. The topological polar surface area (TPSA) is 41.6 Å². The summed E-state index contributed by atoms with van der Waals surface area (Å²) in [6.45, 7) is 7.97. The molecule has 0 saturated heterocycles. The van der Waals surface area contributed by atoms with E-state index in [1.54, 1.807) is 0 Å². The van der Waals surface area contributed by atoms with Crippen LogP contribution in [0.3, 0.4) is 0 Å². The van der Waals surface area contributed by atoms with Gasteiger partial charge in [0, 0.05) is 12.6 Å². The molecule has 7 heteroatoms. The summed E-state index contributed by atoms with van der Waals surface area (Å²) < 4.78 is 40.2. The van der Waals surface area contributed by atoms with Gasteiger partial charge in [0.05, 0.1) is 0 Å². The lowest BCUT2D eigenvalue weighted by molar-refractivity contribution is -0.185. The highest BCUT2D eigenvalue weighted by atomic mass is 19.4. The molecule has 0 aromatic rings. The summed E-state index contributed by atoms with van der Waals surface area (Å²) in [4.78, 5) is 13.7. The fourth-order valence-electron chi connectivity index (χ4n) is 1.66. The van der Waals surface area contributed by atoms with Gasteiger partial charge in [0.25, 0.3) is 0 Å². The third-order valence-corrected chi connectivity index (χ3v) is 2.87. The molecule has 0 radical (unpaired) electrons. The summed E-state index contributed by atoms with van der Waals surface area (Å²) in [5.41, 5.74) is 0. The van der Waals surface area contributed by atoms with Crippen molar-refractivity contribution in [2.45, 2.75) is 46.0 Å². The number of nitrogens with zero attached hydrogens (tertiary/aromatic N) is 1. The molecule has 114 valence electrons. The van der Waals surface area contributed by atoms with Gasteiger partial charge in [-0.25, -0.2) is 0 Å². The Kier molecular flexibility index (Phi) is 8.01. The molecule has 0 aliphatic heterocycles. The summed E-state index contributed by atoms with van der Waals surface area (Å²) in [6.07, 6.45) is -5.52. The van der Waals surface area contributed by atoms with Gasteiger partial charge in [0.1, 0.15) is 12.7 Å². The first-order valence-corrected chi connectivity index (χ1v) is 6.41. The van der Waals surface area contributed by atoms with Crippen molar-refractivity contribution < 1.29 is 22.7 Å². The van der Waals surface area contributed by atoms with Crippen LogP contribution in [-0.2, 0) is 9.53 Å². The predicted molar refractivity (Wildman–Crippen MR) is 66.9 cm³/mol. The Balaban J connectivity index is 4.03. The standard InChI is InChI=1S/C12H23F3N2O2/c1-5-17(6-2)9(3)7-16-11(18)10(4)19-8-12(13,14)15/h9-10H,5-8H2,1-4H3,(H,16,18)/t9-,10-/m0/s1. The normalized spacial score (nSPS) is 15.4. The van der Waals surface area contributed by atoms with Crippen molar-refractivity contribution in [3.8, 4) is 0 Å². The molecule has 0 aromatic carbocycles. The van der Waals surface area contributed by atoms with Crippen molar-refractivity contribution in [2.75, 3.05) is 26.2 Å². The summed E-state index contributed by atoms with van der Waals surface area (Å²) >= 11 is 0. The highest BCUT2D eigenvalue weighted by Gasteiger charge is 2.29. The van der Waals surface area contributed by atoms with Crippen LogP contribution in [0.4, 0.5) is 13.2 Å².